The van der Waals surface area contributed by atoms with Crippen molar-refractivity contribution in [2.45, 2.75) is 31.6 Å². The number of hydrogen-bond donors (Lipinski definition) is 1. The zero-order chi connectivity index (χ0) is 10.8. The molecular weight excluding hydrogens is 287 g/mol. The maximum absolute atomic E-state index is 11.0. The SMILES string of the molecule is CC(=O)CC1COC2C(N[C-]=O)COC12.[Y]. The molecule has 2 rings (SSSR count). The summed E-state index contributed by atoms with van der Waals surface area (Å²) in [5.74, 6) is 0.275. The largest absolute Gasteiger partial charge is 0.523 e. The molecule has 2 fully saturated rings. The van der Waals surface area contributed by atoms with Gasteiger partial charge in [-0.25, -0.2) is 0 Å². The molecule has 0 aromatic heterocycles. The Labute approximate surface area is 119 Å². The second-order valence-electron chi connectivity index (χ2n) is 4.12. The van der Waals surface area contributed by atoms with E-state index in [1.54, 1.807) is 13.3 Å². The van der Waals surface area contributed by atoms with E-state index in [0.717, 1.165) is 0 Å². The van der Waals surface area contributed by atoms with Crippen molar-refractivity contribution in [3.63, 3.8) is 0 Å². The number of hydrogen-bond acceptors (Lipinski definition) is 4. The molecule has 2 heterocycles. The van der Waals surface area contributed by atoms with Gasteiger partial charge in [0.2, 0.25) is 0 Å². The van der Waals surface area contributed by atoms with Gasteiger partial charge in [0, 0.05) is 45.0 Å². The van der Waals surface area contributed by atoms with Crippen LogP contribution in [0.15, 0.2) is 0 Å². The van der Waals surface area contributed by atoms with Crippen molar-refractivity contribution in [2.24, 2.45) is 5.92 Å². The van der Waals surface area contributed by atoms with Crippen LogP contribution in [0.4, 0.5) is 0 Å². The molecule has 5 nitrogen and oxygen atoms in total. The van der Waals surface area contributed by atoms with Crippen molar-refractivity contribution in [3.8, 4) is 0 Å². The summed E-state index contributed by atoms with van der Waals surface area (Å²) < 4.78 is 11.1. The van der Waals surface area contributed by atoms with Crippen molar-refractivity contribution < 1.29 is 51.8 Å². The van der Waals surface area contributed by atoms with E-state index in [0.29, 0.717) is 19.6 Å². The third-order valence-electron chi connectivity index (χ3n) is 2.95. The maximum atomic E-state index is 11.0. The zero-order valence-electron chi connectivity index (χ0n) is 9.14. The molecule has 0 saturated carbocycles. The topological polar surface area (TPSA) is 64.6 Å². The molecule has 0 bridgehead atoms. The first-order chi connectivity index (χ1) is 7.22. The zero-order valence-corrected chi connectivity index (χ0v) is 12.0. The summed E-state index contributed by atoms with van der Waals surface area (Å²) in [5.41, 5.74) is 0. The molecule has 4 unspecified atom stereocenters. The number of carbonyl (C=O) groups is 1. The molecule has 1 N–H and O–H groups in total. The van der Waals surface area contributed by atoms with Crippen LogP contribution in [0.5, 0.6) is 0 Å². The number of Topliss-reactive ketones (excluding diaryl/α,β-unsaturated/α-hetero) is 1. The molecule has 2 aliphatic heterocycles. The van der Waals surface area contributed by atoms with E-state index < -0.39 is 0 Å². The van der Waals surface area contributed by atoms with Crippen molar-refractivity contribution in [1.29, 1.82) is 0 Å². The number of rotatable bonds is 4. The summed E-state index contributed by atoms with van der Waals surface area (Å²) >= 11 is 0. The van der Waals surface area contributed by atoms with Gasteiger partial charge in [0.25, 0.3) is 0 Å². The molecule has 6 heteroatoms. The van der Waals surface area contributed by atoms with Crippen LogP contribution in [-0.2, 0) is 51.8 Å². The van der Waals surface area contributed by atoms with E-state index in [1.807, 2.05) is 0 Å². The Morgan fingerprint density at radius 2 is 2.06 bits per heavy atom. The van der Waals surface area contributed by atoms with Gasteiger partial charge in [-0.2, -0.15) is 6.41 Å². The summed E-state index contributed by atoms with van der Waals surface area (Å²) in [7, 11) is 0. The fraction of sp³-hybridized carbons (Fsp3) is 0.800. The Hall–Kier alpha value is 0.164. The minimum absolute atomic E-state index is 0. The van der Waals surface area contributed by atoms with Crippen LogP contribution in [0.1, 0.15) is 13.3 Å². The van der Waals surface area contributed by atoms with Gasteiger partial charge < -0.3 is 24.4 Å². The molecule has 16 heavy (non-hydrogen) atoms. The molecule has 4 atom stereocenters. The molecule has 0 aliphatic carbocycles. The maximum Gasteiger partial charge on any atom is 0.130 e. The van der Waals surface area contributed by atoms with Gasteiger partial charge in [-0.1, -0.05) is 0 Å². The van der Waals surface area contributed by atoms with Gasteiger partial charge in [-0.15, -0.1) is 0 Å². The van der Waals surface area contributed by atoms with Crippen LogP contribution in [0.3, 0.4) is 0 Å². The number of ketones is 1. The van der Waals surface area contributed by atoms with E-state index in [-0.39, 0.29) is 62.7 Å². The van der Waals surface area contributed by atoms with Crippen LogP contribution < -0.4 is 5.32 Å². The van der Waals surface area contributed by atoms with Gasteiger partial charge in [0.15, 0.2) is 0 Å². The average molecular weight is 301 g/mol. The Morgan fingerprint density at radius 3 is 2.69 bits per heavy atom. The molecular formula is C10H14NO4Y-. The first-order valence-electron chi connectivity index (χ1n) is 5.07. The summed E-state index contributed by atoms with van der Waals surface area (Å²) in [6, 6.07) is -0.121. The fourth-order valence-electron chi connectivity index (χ4n) is 2.32. The third-order valence-corrected chi connectivity index (χ3v) is 2.95. The Morgan fingerprint density at radius 1 is 1.38 bits per heavy atom. The molecule has 87 valence electrons. The fourth-order valence-corrected chi connectivity index (χ4v) is 2.32. The van der Waals surface area contributed by atoms with Crippen LogP contribution in [0, 0.1) is 5.92 Å². The number of nitrogens with one attached hydrogen (secondary N) is 1. The van der Waals surface area contributed by atoms with Gasteiger partial charge in [0.1, 0.15) is 11.9 Å². The molecule has 2 saturated heterocycles. The second-order valence-corrected chi connectivity index (χ2v) is 4.12. The Kier molecular flexibility index (Phi) is 5.51. The third kappa shape index (κ3) is 2.89. The second kappa shape index (κ2) is 6.19. The first kappa shape index (κ1) is 14.2. The van der Waals surface area contributed by atoms with Gasteiger partial charge in [-0.05, 0) is 6.92 Å². The van der Waals surface area contributed by atoms with Gasteiger partial charge >= 0.3 is 0 Å². The van der Waals surface area contributed by atoms with Crippen LogP contribution in [0.25, 0.3) is 0 Å². The van der Waals surface area contributed by atoms with E-state index in [4.69, 9.17) is 9.47 Å². The summed E-state index contributed by atoms with van der Waals surface area (Å²) in [6.45, 7) is 2.54. The minimum Gasteiger partial charge on any atom is -0.523 e. The van der Waals surface area contributed by atoms with Crippen LogP contribution in [-0.4, -0.2) is 43.7 Å². The molecule has 1 radical (unpaired) electrons. The molecule has 1 amide bonds. The summed E-state index contributed by atoms with van der Waals surface area (Å²) in [6.07, 6.45) is 1.96. The Balaban J connectivity index is 0.00000128. The van der Waals surface area contributed by atoms with Crippen molar-refractivity contribution in [2.75, 3.05) is 13.2 Å². The first-order valence-corrected chi connectivity index (χ1v) is 5.07. The minimum atomic E-state index is -0.121. The van der Waals surface area contributed by atoms with Crippen molar-refractivity contribution in [3.05, 3.63) is 0 Å². The number of carbonyl (C=O) groups excluding carboxylic acids is 2. The van der Waals surface area contributed by atoms with Crippen LogP contribution >= 0.6 is 0 Å². The number of ether oxygens (including phenoxy) is 2. The molecule has 0 spiro atoms. The predicted octanol–water partition coefficient (Wildman–Crippen LogP) is -0.598. The summed E-state index contributed by atoms with van der Waals surface area (Å²) in [4.78, 5) is 21.2. The molecule has 0 aromatic carbocycles. The monoisotopic (exact) mass is 301 g/mol. The van der Waals surface area contributed by atoms with E-state index >= 15 is 0 Å². The number of amides is 1. The molecule has 2 aliphatic rings. The Bertz CT molecular complexity index is 274. The standard InChI is InChI=1S/C10H14NO4.Y/c1-6(13)2-7-3-14-10-8(11-5-12)4-15-9(7)10;/h7-10H,2-4H2,1H3,(H,11,12);/q-1;. The van der Waals surface area contributed by atoms with Crippen LogP contribution in [0.2, 0.25) is 0 Å². The smallest absolute Gasteiger partial charge is 0.130 e. The van der Waals surface area contributed by atoms with Crippen molar-refractivity contribution in [1.82, 2.24) is 5.32 Å². The number of fused-ring (bicyclic) bond motifs is 1. The predicted molar refractivity (Wildman–Crippen MR) is 50.9 cm³/mol. The van der Waals surface area contributed by atoms with Gasteiger partial charge in [-0.3, -0.25) is 0 Å². The normalized spacial score (nSPS) is 36.3. The average Bonchev–Trinajstić information content (AvgIpc) is 2.71. The van der Waals surface area contributed by atoms with E-state index in [1.165, 1.54) is 0 Å². The summed E-state index contributed by atoms with van der Waals surface area (Å²) in [5, 5.41) is 2.55. The van der Waals surface area contributed by atoms with Gasteiger partial charge in [0.05, 0.1) is 25.4 Å². The molecule has 0 aromatic rings. The quantitative estimate of drug-likeness (QED) is 0.556. The van der Waals surface area contributed by atoms with E-state index in [9.17, 15) is 9.59 Å². The van der Waals surface area contributed by atoms with Crippen molar-refractivity contribution >= 4 is 12.2 Å². The van der Waals surface area contributed by atoms with E-state index in [2.05, 4.69) is 5.32 Å².